The lowest BCUT2D eigenvalue weighted by Gasteiger charge is -2.36. The van der Waals surface area contributed by atoms with Crippen LogP contribution in [0.5, 0.6) is 0 Å². The van der Waals surface area contributed by atoms with Crippen molar-refractivity contribution in [1.29, 1.82) is 0 Å². The number of benzene rings is 1. The first-order chi connectivity index (χ1) is 10.8. The SMILES string of the molecule is Cc1cccc(CS(=O)(=O)N2CCC3(CC2)NC(=O)NC3=O)c1. The van der Waals surface area contributed by atoms with Crippen LogP contribution in [0, 0.1) is 6.92 Å². The van der Waals surface area contributed by atoms with Crippen molar-refractivity contribution >= 4 is 22.0 Å². The molecule has 2 aliphatic rings. The molecule has 0 aliphatic carbocycles. The van der Waals surface area contributed by atoms with Crippen LogP contribution in [-0.2, 0) is 20.6 Å². The normalized spacial score (nSPS) is 21.3. The van der Waals surface area contributed by atoms with Gasteiger partial charge in [0.05, 0.1) is 5.75 Å². The van der Waals surface area contributed by atoms with E-state index in [0.29, 0.717) is 0 Å². The van der Waals surface area contributed by atoms with Crippen LogP contribution in [0.4, 0.5) is 4.79 Å². The summed E-state index contributed by atoms with van der Waals surface area (Å²) in [6.07, 6.45) is 0.579. The number of sulfonamides is 1. The van der Waals surface area contributed by atoms with Crippen molar-refractivity contribution in [3.8, 4) is 0 Å². The number of nitrogens with one attached hydrogen (secondary N) is 2. The lowest BCUT2D eigenvalue weighted by atomic mass is 9.89. The molecule has 1 aromatic carbocycles. The summed E-state index contributed by atoms with van der Waals surface area (Å²) < 4.78 is 26.5. The first-order valence-corrected chi connectivity index (χ1v) is 9.09. The van der Waals surface area contributed by atoms with Crippen molar-refractivity contribution in [2.75, 3.05) is 13.1 Å². The maximum atomic E-state index is 12.6. The Balaban J connectivity index is 1.69. The molecule has 0 bridgehead atoms. The Kier molecular flexibility index (Phi) is 3.89. The number of hydrogen-bond acceptors (Lipinski definition) is 4. The minimum Gasteiger partial charge on any atom is -0.323 e. The van der Waals surface area contributed by atoms with E-state index >= 15 is 0 Å². The number of amides is 3. The standard InChI is InChI=1S/C15H19N3O4S/c1-11-3-2-4-12(9-11)10-23(21,22)18-7-5-15(6-8-18)13(19)16-14(20)17-15/h2-4,9H,5-8,10H2,1H3,(H2,16,17,19,20). The molecule has 3 amide bonds. The van der Waals surface area contributed by atoms with E-state index in [4.69, 9.17) is 0 Å². The number of piperidine rings is 1. The van der Waals surface area contributed by atoms with Crippen LogP contribution in [0.25, 0.3) is 0 Å². The molecule has 2 fully saturated rings. The van der Waals surface area contributed by atoms with E-state index in [-0.39, 0.29) is 37.6 Å². The molecule has 1 aromatic rings. The lowest BCUT2D eigenvalue weighted by Crippen LogP contribution is -2.55. The molecule has 0 atom stereocenters. The van der Waals surface area contributed by atoms with E-state index in [1.807, 2.05) is 25.1 Å². The van der Waals surface area contributed by atoms with Gasteiger partial charge in [0.1, 0.15) is 5.54 Å². The van der Waals surface area contributed by atoms with Gasteiger partial charge in [-0.15, -0.1) is 0 Å². The molecule has 0 saturated carbocycles. The first kappa shape index (κ1) is 15.9. The molecule has 23 heavy (non-hydrogen) atoms. The van der Waals surface area contributed by atoms with Crippen LogP contribution in [0.2, 0.25) is 0 Å². The number of hydrogen-bond donors (Lipinski definition) is 2. The molecule has 0 aromatic heterocycles. The number of carbonyl (C=O) groups excluding carboxylic acids is 2. The summed E-state index contributed by atoms with van der Waals surface area (Å²) in [6.45, 7) is 2.37. The van der Waals surface area contributed by atoms with E-state index in [2.05, 4.69) is 10.6 Å². The maximum Gasteiger partial charge on any atom is 0.322 e. The van der Waals surface area contributed by atoms with Gasteiger partial charge < -0.3 is 5.32 Å². The topological polar surface area (TPSA) is 95.6 Å². The fraction of sp³-hybridized carbons (Fsp3) is 0.467. The predicted molar refractivity (Wildman–Crippen MR) is 84.0 cm³/mol. The quantitative estimate of drug-likeness (QED) is 0.785. The van der Waals surface area contributed by atoms with E-state index in [0.717, 1.165) is 11.1 Å². The summed E-state index contributed by atoms with van der Waals surface area (Å²) in [5.74, 6) is -0.418. The Morgan fingerprint density at radius 1 is 1.22 bits per heavy atom. The van der Waals surface area contributed by atoms with Crippen molar-refractivity contribution < 1.29 is 18.0 Å². The number of imide groups is 1. The van der Waals surface area contributed by atoms with Crippen molar-refractivity contribution in [2.45, 2.75) is 31.1 Å². The summed E-state index contributed by atoms with van der Waals surface area (Å²) in [6, 6.07) is 6.89. The summed E-state index contributed by atoms with van der Waals surface area (Å²) in [7, 11) is -3.44. The number of carbonyl (C=O) groups is 2. The number of nitrogens with zero attached hydrogens (tertiary/aromatic N) is 1. The highest BCUT2D eigenvalue weighted by Gasteiger charge is 2.49. The van der Waals surface area contributed by atoms with Gasteiger partial charge in [-0.1, -0.05) is 29.8 Å². The van der Waals surface area contributed by atoms with Gasteiger partial charge in [0, 0.05) is 13.1 Å². The Morgan fingerprint density at radius 3 is 2.48 bits per heavy atom. The molecule has 2 N–H and O–H groups in total. The second kappa shape index (κ2) is 5.61. The molecular formula is C15H19N3O4S. The summed E-state index contributed by atoms with van der Waals surface area (Å²) in [5, 5.41) is 4.85. The third-order valence-corrected chi connectivity index (χ3v) is 6.27. The zero-order valence-corrected chi connectivity index (χ0v) is 13.6. The molecule has 2 saturated heterocycles. The van der Waals surface area contributed by atoms with E-state index < -0.39 is 21.6 Å². The Labute approximate surface area is 135 Å². The van der Waals surface area contributed by atoms with E-state index in [1.54, 1.807) is 6.07 Å². The van der Waals surface area contributed by atoms with Gasteiger partial charge >= 0.3 is 6.03 Å². The van der Waals surface area contributed by atoms with Crippen LogP contribution in [0.15, 0.2) is 24.3 Å². The van der Waals surface area contributed by atoms with Gasteiger partial charge in [-0.05, 0) is 25.3 Å². The van der Waals surface area contributed by atoms with Crippen LogP contribution in [0.1, 0.15) is 24.0 Å². The first-order valence-electron chi connectivity index (χ1n) is 7.48. The second-order valence-electron chi connectivity index (χ2n) is 6.13. The Morgan fingerprint density at radius 2 is 1.91 bits per heavy atom. The van der Waals surface area contributed by atoms with Gasteiger partial charge in [-0.3, -0.25) is 10.1 Å². The summed E-state index contributed by atoms with van der Waals surface area (Å²) in [4.78, 5) is 23.2. The van der Waals surface area contributed by atoms with Crippen LogP contribution >= 0.6 is 0 Å². The maximum absolute atomic E-state index is 12.6. The second-order valence-corrected chi connectivity index (χ2v) is 8.10. The fourth-order valence-corrected chi connectivity index (χ4v) is 4.65. The number of rotatable bonds is 3. The molecule has 7 nitrogen and oxygen atoms in total. The summed E-state index contributed by atoms with van der Waals surface area (Å²) >= 11 is 0. The zero-order chi connectivity index (χ0) is 16.7. The number of urea groups is 1. The van der Waals surface area contributed by atoms with Gasteiger partial charge in [-0.25, -0.2) is 17.5 Å². The lowest BCUT2D eigenvalue weighted by molar-refractivity contribution is -0.125. The highest BCUT2D eigenvalue weighted by Crippen LogP contribution is 2.27. The molecule has 0 radical (unpaired) electrons. The van der Waals surface area contributed by atoms with Crippen molar-refractivity contribution in [2.24, 2.45) is 0 Å². The minimum atomic E-state index is -3.44. The van der Waals surface area contributed by atoms with Gasteiger partial charge in [0.2, 0.25) is 10.0 Å². The highest BCUT2D eigenvalue weighted by atomic mass is 32.2. The molecule has 3 rings (SSSR count). The molecular weight excluding hydrogens is 318 g/mol. The Hall–Kier alpha value is -1.93. The van der Waals surface area contributed by atoms with Crippen molar-refractivity contribution in [1.82, 2.24) is 14.9 Å². The van der Waals surface area contributed by atoms with Crippen molar-refractivity contribution in [3.63, 3.8) is 0 Å². The van der Waals surface area contributed by atoms with Gasteiger partial charge in [-0.2, -0.15) is 0 Å². The average Bonchev–Trinajstić information content (AvgIpc) is 2.73. The van der Waals surface area contributed by atoms with Crippen LogP contribution in [0.3, 0.4) is 0 Å². The van der Waals surface area contributed by atoms with Gasteiger partial charge in [0.25, 0.3) is 5.91 Å². The summed E-state index contributed by atoms with van der Waals surface area (Å²) in [5.41, 5.74) is 0.810. The predicted octanol–water partition coefficient (Wildman–Crippen LogP) is 0.499. The third-order valence-electron chi connectivity index (χ3n) is 4.42. The van der Waals surface area contributed by atoms with Crippen LogP contribution in [-0.4, -0.2) is 43.3 Å². The molecule has 2 aliphatic heterocycles. The molecule has 124 valence electrons. The Bertz CT molecular complexity index is 752. The van der Waals surface area contributed by atoms with E-state index in [9.17, 15) is 18.0 Å². The zero-order valence-electron chi connectivity index (χ0n) is 12.8. The van der Waals surface area contributed by atoms with E-state index in [1.165, 1.54) is 4.31 Å². The van der Waals surface area contributed by atoms with Crippen LogP contribution < -0.4 is 10.6 Å². The highest BCUT2D eigenvalue weighted by molar-refractivity contribution is 7.88. The molecule has 1 spiro atoms. The third kappa shape index (κ3) is 3.09. The van der Waals surface area contributed by atoms with Gasteiger partial charge in [0.15, 0.2) is 0 Å². The number of aryl methyl sites for hydroxylation is 1. The molecule has 8 heteroatoms. The van der Waals surface area contributed by atoms with Crippen molar-refractivity contribution in [3.05, 3.63) is 35.4 Å². The molecule has 2 heterocycles. The average molecular weight is 337 g/mol. The minimum absolute atomic E-state index is 0.0553. The smallest absolute Gasteiger partial charge is 0.322 e. The monoisotopic (exact) mass is 337 g/mol. The molecule has 0 unspecified atom stereocenters. The largest absolute Gasteiger partial charge is 0.323 e. The fourth-order valence-electron chi connectivity index (χ4n) is 3.13.